The number of hydrogen-bond donors (Lipinski definition) is 0. The molecule has 1 aliphatic rings. The van der Waals surface area contributed by atoms with Crippen molar-refractivity contribution in [1.82, 2.24) is 0 Å². The third-order valence-corrected chi connectivity index (χ3v) is 6.92. The molecule has 0 bridgehead atoms. The number of halogens is 3. The molecule has 0 atom stereocenters. The molecule has 34 heavy (non-hydrogen) atoms. The Morgan fingerprint density at radius 2 is 1.38 bits per heavy atom. The molecule has 0 saturated heterocycles. The normalized spacial score (nSPS) is 12.1. The Bertz CT molecular complexity index is 1300. The summed E-state index contributed by atoms with van der Waals surface area (Å²) in [6, 6.07) is 25.1. The molecule has 0 aliphatic carbocycles. The predicted molar refractivity (Wildman–Crippen MR) is 134 cm³/mol. The summed E-state index contributed by atoms with van der Waals surface area (Å²) < 4.78 is 27.1. The van der Waals surface area contributed by atoms with Gasteiger partial charge in [-0.1, -0.05) is 35.5 Å². The van der Waals surface area contributed by atoms with Crippen LogP contribution in [0.1, 0.15) is 6.42 Å². The van der Waals surface area contributed by atoms with Crippen molar-refractivity contribution in [1.29, 1.82) is 0 Å². The molecule has 0 radical (unpaired) electrons. The van der Waals surface area contributed by atoms with E-state index in [0.29, 0.717) is 22.9 Å². The molecule has 4 aromatic rings. The van der Waals surface area contributed by atoms with Gasteiger partial charge in [0.05, 0.1) is 11.4 Å². The van der Waals surface area contributed by atoms with Crippen molar-refractivity contribution >= 4 is 52.0 Å². The third-order valence-electron chi connectivity index (χ3n) is 5.56. The van der Waals surface area contributed by atoms with E-state index in [0.717, 1.165) is 21.2 Å². The van der Waals surface area contributed by atoms with Gasteiger partial charge in [0.2, 0.25) is 5.91 Å². The molecular weight excluding hydrogens is 474 g/mol. The standard InChI is InChI=1S/C27H19ClF2N2OS/c28-18-5-14-26-24(17-18)31(23-3-1-2-4-25(23)34-26)16-15-27(33)32(21-10-6-19(29)7-11-21)22-12-8-20(30)9-13-22/h1-14,17H,15-16H2. The van der Waals surface area contributed by atoms with E-state index >= 15 is 0 Å². The van der Waals surface area contributed by atoms with Crippen LogP contribution < -0.4 is 9.80 Å². The summed E-state index contributed by atoms with van der Waals surface area (Å²) in [5, 5.41) is 0.620. The predicted octanol–water partition coefficient (Wildman–Crippen LogP) is 7.98. The summed E-state index contributed by atoms with van der Waals surface area (Å²) in [5.74, 6) is -0.991. The third kappa shape index (κ3) is 4.52. The SMILES string of the molecule is O=C(CCN1c2ccccc2Sc2ccc(Cl)cc21)N(c1ccc(F)cc1)c1ccc(F)cc1. The first-order valence-electron chi connectivity index (χ1n) is 10.7. The van der Waals surface area contributed by atoms with Gasteiger partial charge in [0, 0.05) is 39.2 Å². The van der Waals surface area contributed by atoms with E-state index in [4.69, 9.17) is 11.6 Å². The van der Waals surface area contributed by atoms with E-state index in [2.05, 4.69) is 11.0 Å². The Hall–Kier alpha value is -3.35. The number of para-hydroxylation sites is 1. The van der Waals surface area contributed by atoms with Crippen LogP contribution in [-0.4, -0.2) is 12.5 Å². The molecular formula is C27H19ClF2N2OS. The van der Waals surface area contributed by atoms with Gasteiger partial charge in [0.15, 0.2) is 0 Å². The molecule has 0 spiro atoms. The Labute approximate surface area is 205 Å². The summed E-state index contributed by atoms with van der Waals surface area (Å²) in [4.78, 5) is 19.3. The van der Waals surface area contributed by atoms with Gasteiger partial charge < -0.3 is 4.90 Å². The van der Waals surface area contributed by atoms with E-state index in [1.54, 1.807) is 36.0 Å². The molecule has 0 aromatic heterocycles. The second kappa shape index (κ2) is 9.49. The van der Waals surface area contributed by atoms with Gasteiger partial charge in [-0.2, -0.15) is 0 Å². The number of nitrogens with zero attached hydrogens (tertiary/aromatic N) is 2. The number of benzene rings is 4. The summed E-state index contributed by atoms with van der Waals surface area (Å²) in [6.45, 7) is 0.405. The van der Waals surface area contributed by atoms with Crippen molar-refractivity contribution in [3.8, 4) is 0 Å². The van der Waals surface area contributed by atoms with Crippen LogP contribution in [0.4, 0.5) is 31.5 Å². The zero-order chi connectivity index (χ0) is 23.7. The largest absolute Gasteiger partial charge is 0.339 e. The quantitative estimate of drug-likeness (QED) is 0.282. The highest BCUT2D eigenvalue weighted by molar-refractivity contribution is 7.99. The van der Waals surface area contributed by atoms with Gasteiger partial charge in [-0.25, -0.2) is 8.78 Å². The fourth-order valence-electron chi connectivity index (χ4n) is 3.98. The van der Waals surface area contributed by atoms with Crippen molar-refractivity contribution < 1.29 is 13.6 Å². The topological polar surface area (TPSA) is 23.6 Å². The maximum Gasteiger partial charge on any atom is 0.233 e. The Kier molecular flexibility index (Phi) is 6.26. The van der Waals surface area contributed by atoms with Gasteiger partial charge in [-0.15, -0.1) is 0 Å². The number of carbonyl (C=O) groups excluding carboxylic acids is 1. The molecule has 0 unspecified atom stereocenters. The number of rotatable bonds is 5. The number of anilines is 4. The average molecular weight is 493 g/mol. The molecule has 1 aliphatic heterocycles. The fraction of sp³-hybridized carbons (Fsp3) is 0.0741. The lowest BCUT2D eigenvalue weighted by Gasteiger charge is -2.33. The van der Waals surface area contributed by atoms with Crippen molar-refractivity contribution in [2.75, 3.05) is 16.3 Å². The smallest absolute Gasteiger partial charge is 0.233 e. The van der Waals surface area contributed by atoms with Crippen LogP contribution in [0.15, 0.2) is 101 Å². The van der Waals surface area contributed by atoms with Gasteiger partial charge in [0.1, 0.15) is 11.6 Å². The lowest BCUT2D eigenvalue weighted by atomic mass is 10.1. The number of fused-ring (bicyclic) bond motifs is 2. The van der Waals surface area contributed by atoms with Crippen LogP contribution in [0.25, 0.3) is 0 Å². The van der Waals surface area contributed by atoms with Crippen LogP contribution in [0.5, 0.6) is 0 Å². The molecule has 0 N–H and O–H groups in total. The minimum absolute atomic E-state index is 0.166. The second-order valence-corrected chi connectivity index (χ2v) is 9.29. The first kappa shape index (κ1) is 22.4. The zero-order valence-electron chi connectivity index (χ0n) is 17.9. The van der Waals surface area contributed by atoms with E-state index in [1.807, 2.05) is 36.4 Å². The molecule has 4 aromatic carbocycles. The second-order valence-electron chi connectivity index (χ2n) is 7.77. The molecule has 0 fully saturated rings. The van der Waals surface area contributed by atoms with E-state index in [1.165, 1.54) is 29.2 Å². The van der Waals surface area contributed by atoms with Crippen molar-refractivity contribution in [3.63, 3.8) is 0 Å². The minimum Gasteiger partial charge on any atom is -0.339 e. The van der Waals surface area contributed by atoms with Crippen molar-refractivity contribution in [2.45, 2.75) is 16.2 Å². The maximum atomic E-state index is 13.5. The van der Waals surface area contributed by atoms with Crippen molar-refractivity contribution in [3.05, 3.63) is 108 Å². The lowest BCUT2D eigenvalue weighted by Crippen LogP contribution is -2.31. The molecule has 170 valence electrons. The van der Waals surface area contributed by atoms with Gasteiger partial charge in [0.25, 0.3) is 0 Å². The first-order chi connectivity index (χ1) is 16.5. The molecule has 3 nitrogen and oxygen atoms in total. The van der Waals surface area contributed by atoms with Gasteiger partial charge in [-0.05, 0) is 78.9 Å². The molecule has 5 rings (SSSR count). The van der Waals surface area contributed by atoms with Gasteiger partial charge in [-0.3, -0.25) is 9.69 Å². The van der Waals surface area contributed by atoms with E-state index < -0.39 is 11.6 Å². The Morgan fingerprint density at radius 1 is 0.794 bits per heavy atom. The highest BCUT2D eigenvalue weighted by atomic mass is 35.5. The lowest BCUT2D eigenvalue weighted by molar-refractivity contribution is -0.117. The maximum absolute atomic E-state index is 13.5. The Morgan fingerprint density at radius 3 is 2.03 bits per heavy atom. The Balaban J connectivity index is 1.46. The average Bonchev–Trinajstić information content (AvgIpc) is 2.84. The monoisotopic (exact) mass is 492 g/mol. The van der Waals surface area contributed by atoms with E-state index in [-0.39, 0.29) is 12.3 Å². The fourth-order valence-corrected chi connectivity index (χ4v) is 5.22. The molecule has 7 heteroatoms. The van der Waals surface area contributed by atoms with Crippen molar-refractivity contribution in [2.24, 2.45) is 0 Å². The van der Waals surface area contributed by atoms with Crippen LogP contribution in [0.2, 0.25) is 5.02 Å². The minimum atomic E-state index is -0.397. The number of carbonyl (C=O) groups is 1. The summed E-state index contributed by atoms with van der Waals surface area (Å²) >= 11 is 7.96. The highest BCUT2D eigenvalue weighted by Crippen LogP contribution is 2.48. The zero-order valence-corrected chi connectivity index (χ0v) is 19.5. The van der Waals surface area contributed by atoms with Crippen LogP contribution in [0, 0.1) is 11.6 Å². The highest BCUT2D eigenvalue weighted by Gasteiger charge is 2.26. The number of hydrogen-bond acceptors (Lipinski definition) is 3. The van der Waals surface area contributed by atoms with Crippen LogP contribution in [0.3, 0.4) is 0 Å². The summed E-state index contributed by atoms with van der Waals surface area (Å²) in [5.41, 5.74) is 2.97. The molecule has 1 amide bonds. The molecule has 0 saturated carbocycles. The number of amides is 1. The first-order valence-corrected chi connectivity index (χ1v) is 11.9. The van der Waals surface area contributed by atoms with Crippen LogP contribution in [-0.2, 0) is 4.79 Å². The van der Waals surface area contributed by atoms with Crippen LogP contribution >= 0.6 is 23.4 Å². The van der Waals surface area contributed by atoms with E-state index in [9.17, 15) is 13.6 Å². The molecule has 1 heterocycles. The van der Waals surface area contributed by atoms with Gasteiger partial charge >= 0.3 is 0 Å². The summed E-state index contributed by atoms with van der Waals surface area (Å²) in [7, 11) is 0. The summed E-state index contributed by atoms with van der Waals surface area (Å²) in [6.07, 6.45) is 0.166.